The molecule has 0 radical (unpaired) electrons. The van der Waals surface area contributed by atoms with E-state index in [0.29, 0.717) is 26.2 Å². The maximum Gasteiger partial charge on any atom is 0.409 e. The van der Waals surface area contributed by atoms with Crippen LogP contribution in [0.4, 0.5) is 4.79 Å². The van der Waals surface area contributed by atoms with E-state index < -0.39 is 0 Å². The molecule has 0 aliphatic carbocycles. The van der Waals surface area contributed by atoms with Gasteiger partial charge >= 0.3 is 6.09 Å². The van der Waals surface area contributed by atoms with E-state index >= 15 is 0 Å². The fourth-order valence-electron chi connectivity index (χ4n) is 2.45. The fourth-order valence-corrected chi connectivity index (χ4v) is 2.45. The monoisotopic (exact) mass is 483 g/mol. The number of piperidine rings is 1. The van der Waals surface area contributed by atoms with Crippen molar-refractivity contribution in [3.8, 4) is 0 Å². The van der Waals surface area contributed by atoms with Crippen molar-refractivity contribution in [3.63, 3.8) is 0 Å². The van der Waals surface area contributed by atoms with E-state index in [9.17, 15) is 9.59 Å². The Kier molecular flexibility index (Phi) is 11.6. The zero-order valence-corrected chi connectivity index (χ0v) is 18.9. The van der Waals surface area contributed by atoms with Crippen LogP contribution in [-0.4, -0.2) is 68.7 Å². The Bertz CT molecular complexity index is 472. The van der Waals surface area contributed by atoms with Crippen molar-refractivity contribution < 1.29 is 14.3 Å². The molecule has 0 aromatic rings. The molecule has 3 N–H and O–H groups in total. The van der Waals surface area contributed by atoms with E-state index in [1.165, 1.54) is 7.11 Å². The first-order valence-electron chi connectivity index (χ1n) is 8.94. The van der Waals surface area contributed by atoms with Crippen molar-refractivity contribution in [1.82, 2.24) is 20.9 Å². The van der Waals surface area contributed by atoms with Crippen molar-refractivity contribution in [3.05, 3.63) is 0 Å². The molecule has 1 aliphatic heterocycles. The molecular weight excluding hydrogens is 449 g/mol. The normalized spacial score (nSPS) is 15.7. The van der Waals surface area contributed by atoms with Gasteiger partial charge in [0.25, 0.3) is 0 Å². The molecular formula is C17H34IN5O3. The van der Waals surface area contributed by atoms with Crippen LogP contribution in [0.2, 0.25) is 0 Å². The number of halogens is 1. The summed E-state index contributed by atoms with van der Waals surface area (Å²) >= 11 is 0. The van der Waals surface area contributed by atoms with Crippen LogP contribution in [0.1, 0.15) is 40.5 Å². The largest absolute Gasteiger partial charge is 0.453 e. The smallest absolute Gasteiger partial charge is 0.409 e. The topological polar surface area (TPSA) is 95.1 Å². The molecule has 0 saturated carbocycles. The predicted molar refractivity (Wildman–Crippen MR) is 114 cm³/mol. The lowest BCUT2D eigenvalue weighted by Crippen LogP contribution is -2.50. The molecule has 1 heterocycles. The number of amides is 2. The van der Waals surface area contributed by atoms with Gasteiger partial charge < -0.3 is 25.6 Å². The Morgan fingerprint density at radius 3 is 2.31 bits per heavy atom. The van der Waals surface area contributed by atoms with Gasteiger partial charge in [-0.05, 0) is 19.8 Å². The molecule has 1 fully saturated rings. The third kappa shape index (κ3) is 8.91. The number of aliphatic imine (C=N–C) groups is 1. The summed E-state index contributed by atoms with van der Waals surface area (Å²) in [6, 6.07) is 0.267. The van der Waals surface area contributed by atoms with Crippen molar-refractivity contribution in [1.29, 1.82) is 0 Å². The van der Waals surface area contributed by atoms with E-state index in [1.807, 2.05) is 27.7 Å². The third-order valence-corrected chi connectivity index (χ3v) is 3.96. The number of rotatable bonds is 5. The summed E-state index contributed by atoms with van der Waals surface area (Å²) in [6.07, 6.45) is 1.43. The van der Waals surface area contributed by atoms with Crippen molar-refractivity contribution in [2.75, 3.05) is 39.8 Å². The minimum Gasteiger partial charge on any atom is -0.453 e. The molecule has 1 rings (SSSR count). The Labute approximate surface area is 173 Å². The van der Waals surface area contributed by atoms with Gasteiger partial charge in [0.2, 0.25) is 5.91 Å². The van der Waals surface area contributed by atoms with Crippen LogP contribution in [0.25, 0.3) is 0 Å². The predicted octanol–water partition coefficient (Wildman–Crippen LogP) is 1.55. The standard InChI is InChI=1S/C17H33N5O3.HI/c1-6-18-15(20-10-9-19-14(23)17(2,3)4)21-13-7-11-22(12-8-13)16(24)25-5;/h13H,6-12H2,1-5H3,(H,19,23)(H2,18,20,21);1H. The van der Waals surface area contributed by atoms with Crippen LogP contribution >= 0.6 is 24.0 Å². The highest BCUT2D eigenvalue weighted by molar-refractivity contribution is 14.0. The number of ether oxygens (including phenoxy) is 1. The summed E-state index contributed by atoms with van der Waals surface area (Å²) in [5.41, 5.74) is -0.389. The molecule has 0 atom stereocenters. The van der Waals surface area contributed by atoms with Gasteiger partial charge in [0, 0.05) is 37.6 Å². The molecule has 152 valence electrons. The molecule has 0 aromatic heterocycles. The highest BCUT2D eigenvalue weighted by Gasteiger charge is 2.23. The van der Waals surface area contributed by atoms with Gasteiger partial charge in [-0.15, -0.1) is 24.0 Å². The third-order valence-electron chi connectivity index (χ3n) is 3.96. The summed E-state index contributed by atoms with van der Waals surface area (Å²) in [5, 5.41) is 9.50. The number of nitrogens with zero attached hydrogens (tertiary/aromatic N) is 2. The molecule has 0 spiro atoms. The van der Waals surface area contributed by atoms with Gasteiger partial charge in [-0.25, -0.2) is 4.79 Å². The highest BCUT2D eigenvalue weighted by atomic mass is 127. The van der Waals surface area contributed by atoms with Gasteiger partial charge in [-0.3, -0.25) is 9.79 Å². The second kappa shape index (κ2) is 12.2. The molecule has 1 aliphatic rings. The van der Waals surface area contributed by atoms with Gasteiger partial charge in [-0.2, -0.15) is 0 Å². The first-order valence-corrected chi connectivity index (χ1v) is 8.94. The number of nitrogens with one attached hydrogen (secondary N) is 3. The van der Waals surface area contributed by atoms with Gasteiger partial charge in [0.1, 0.15) is 0 Å². The lowest BCUT2D eigenvalue weighted by molar-refractivity contribution is -0.128. The molecule has 26 heavy (non-hydrogen) atoms. The molecule has 9 heteroatoms. The SMILES string of the molecule is CCNC(=NCCNC(=O)C(C)(C)C)NC1CCN(C(=O)OC)CC1.I. The summed E-state index contributed by atoms with van der Waals surface area (Å²) in [7, 11) is 1.40. The maximum atomic E-state index is 11.8. The van der Waals surface area contributed by atoms with Crippen molar-refractivity contribution in [2.45, 2.75) is 46.6 Å². The van der Waals surface area contributed by atoms with Crippen LogP contribution in [0.5, 0.6) is 0 Å². The molecule has 0 aromatic carbocycles. The quantitative estimate of drug-likeness (QED) is 0.239. The zero-order valence-electron chi connectivity index (χ0n) is 16.6. The summed E-state index contributed by atoms with van der Waals surface area (Å²) in [6.45, 7) is 10.8. The Morgan fingerprint density at radius 2 is 1.81 bits per heavy atom. The maximum absolute atomic E-state index is 11.8. The number of likely N-dealkylation sites (tertiary alicyclic amines) is 1. The Hall–Kier alpha value is -1.26. The number of hydrogen-bond acceptors (Lipinski definition) is 4. The first-order chi connectivity index (χ1) is 11.8. The van der Waals surface area contributed by atoms with Crippen LogP contribution in [0.15, 0.2) is 4.99 Å². The second-order valence-corrected chi connectivity index (χ2v) is 7.14. The number of hydrogen-bond donors (Lipinski definition) is 3. The second-order valence-electron chi connectivity index (χ2n) is 7.14. The number of methoxy groups -OCH3 is 1. The van der Waals surface area contributed by atoms with E-state index in [1.54, 1.807) is 4.90 Å². The number of guanidine groups is 1. The highest BCUT2D eigenvalue weighted by Crippen LogP contribution is 2.12. The molecule has 0 bridgehead atoms. The van der Waals surface area contributed by atoms with Crippen LogP contribution in [0, 0.1) is 5.41 Å². The van der Waals surface area contributed by atoms with Crippen molar-refractivity contribution >= 4 is 41.9 Å². The average Bonchev–Trinajstić information content (AvgIpc) is 2.57. The Morgan fingerprint density at radius 1 is 1.19 bits per heavy atom. The minimum absolute atomic E-state index is 0. The summed E-state index contributed by atoms with van der Waals surface area (Å²) < 4.78 is 4.75. The molecule has 8 nitrogen and oxygen atoms in total. The van der Waals surface area contributed by atoms with Gasteiger partial charge in [0.15, 0.2) is 5.96 Å². The van der Waals surface area contributed by atoms with Crippen LogP contribution in [0.3, 0.4) is 0 Å². The van der Waals surface area contributed by atoms with Crippen LogP contribution in [-0.2, 0) is 9.53 Å². The van der Waals surface area contributed by atoms with Gasteiger partial charge in [0.05, 0.1) is 13.7 Å². The number of carbonyl (C=O) groups is 2. The van der Waals surface area contributed by atoms with E-state index in [-0.39, 0.29) is 47.4 Å². The lowest BCUT2D eigenvalue weighted by atomic mass is 9.96. The molecule has 0 unspecified atom stereocenters. The van der Waals surface area contributed by atoms with E-state index in [2.05, 4.69) is 20.9 Å². The van der Waals surface area contributed by atoms with Crippen molar-refractivity contribution in [2.24, 2.45) is 10.4 Å². The minimum atomic E-state index is -0.389. The Balaban J connectivity index is 0.00000625. The molecule has 2 amide bonds. The fraction of sp³-hybridized carbons (Fsp3) is 0.824. The van der Waals surface area contributed by atoms with E-state index in [0.717, 1.165) is 25.3 Å². The first kappa shape index (κ1) is 24.7. The van der Waals surface area contributed by atoms with Crippen LogP contribution < -0.4 is 16.0 Å². The number of carbonyl (C=O) groups excluding carboxylic acids is 2. The van der Waals surface area contributed by atoms with Gasteiger partial charge in [-0.1, -0.05) is 20.8 Å². The average molecular weight is 483 g/mol. The lowest BCUT2D eigenvalue weighted by Gasteiger charge is -2.32. The summed E-state index contributed by atoms with van der Waals surface area (Å²) in [4.78, 5) is 29.6. The zero-order chi connectivity index (χ0) is 18.9. The summed E-state index contributed by atoms with van der Waals surface area (Å²) in [5.74, 6) is 0.764. The van der Waals surface area contributed by atoms with E-state index in [4.69, 9.17) is 4.74 Å². The molecule has 1 saturated heterocycles.